The molecule has 0 saturated carbocycles. The maximum Gasteiger partial charge on any atom is 0.204 e. The Bertz CT molecular complexity index is 400. The molecule has 0 aliphatic heterocycles. The van der Waals surface area contributed by atoms with E-state index in [1.807, 2.05) is 24.3 Å². The van der Waals surface area contributed by atoms with Gasteiger partial charge in [0.15, 0.2) is 0 Å². The predicted molar refractivity (Wildman–Crippen MR) is 61.5 cm³/mol. The molecule has 0 atom stereocenters. The van der Waals surface area contributed by atoms with Crippen molar-refractivity contribution in [3.63, 3.8) is 0 Å². The maximum absolute atomic E-state index is 8.90. The average Bonchev–Trinajstić information content (AvgIpc) is 2.84. The molecule has 5 heteroatoms. The van der Waals surface area contributed by atoms with Crippen molar-refractivity contribution in [1.29, 1.82) is 0 Å². The van der Waals surface area contributed by atoms with E-state index in [1.165, 1.54) is 6.42 Å². The molecule has 2 aromatic rings. The van der Waals surface area contributed by atoms with E-state index < -0.39 is 0 Å². The van der Waals surface area contributed by atoms with E-state index in [0.29, 0.717) is 5.82 Å². The van der Waals surface area contributed by atoms with E-state index in [4.69, 9.17) is 5.11 Å². The lowest BCUT2D eigenvalue weighted by Gasteiger charge is -1.97. The summed E-state index contributed by atoms with van der Waals surface area (Å²) in [6.07, 6.45) is 1.25. The quantitative estimate of drug-likeness (QED) is 0.808. The van der Waals surface area contributed by atoms with Crippen LogP contribution in [0.25, 0.3) is 11.4 Å². The van der Waals surface area contributed by atoms with E-state index in [1.54, 1.807) is 0 Å². The molecule has 0 bridgehead atoms. The Morgan fingerprint density at radius 3 is 2.62 bits per heavy atom. The Morgan fingerprint density at radius 1 is 1.31 bits per heavy atom. The number of hydrogen-bond acceptors (Lipinski definition) is 4. The number of rotatable bonds is 2. The number of nitrogens with one attached hydrogen (secondary N) is 1. The summed E-state index contributed by atoms with van der Waals surface area (Å²) in [6, 6.07) is 7.37. The van der Waals surface area contributed by atoms with Crippen molar-refractivity contribution >= 4 is 0 Å². The molecule has 0 spiro atoms. The first-order chi connectivity index (χ1) is 7.81. The Balaban J connectivity index is 0.000000386. The van der Waals surface area contributed by atoms with Crippen molar-refractivity contribution in [3.05, 3.63) is 29.8 Å². The maximum atomic E-state index is 8.90. The number of aromatic nitrogens is 4. The van der Waals surface area contributed by atoms with Crippen molar-refractivity contribution in [2.45, 2.75) is 26.9 Å². The van der Waals surface area contributed by atoms with E-state index in [9.17, 15) is 0 Å². The van der Waals surface area contributed by atoms with Gasteiger partial charge in [0, 0.05) is 5.56 Å². The molecular weight excluding hydrogens is 204 g/mol. The summed E-state index contributed by atoms with van der Waals surface area (Å²) in [7, 11) is 0. The molecule has 1 aromatic carbocycles. The first kappa shape index (κ1) is 12.3. The standard InChI is InChI=1S/C8H8N4O.C3H8/c13-5-6-2-1-3-7(4-6)8-9-11-12-10-8;1-3-2/h1-4,13H,5H2,(H,9,10,11,12);3H2,1-2H3. The number of hydrogen-bond donors (Lipinski definition) is 2. The third-order valence-electron chi connectivity index (χ3n) is 1.71. The van der Waals surface area contributed by atoms with Crippen molar-refractivity contribution in [3.8, 4) is 11.4 Å². The second-order valence-electron chi connectivity index (χ2n) is 3.30. The molecule has 1 heterocycles. The fourth-order valence-electron chi connectivity index (χ4n) is 1.09. The van der Waals surface area contributed by atoms with Crippen LogP contribution in [0.1, 0.15) is 25.8 Å². The normalized spacial score (nSPS) is 9.44. The molecule has 5 nitrogen and oxygen atoms in total. The smallest absolute Gasteiger partial charge is 0.204 e. The SMILES string of the molecule is CCC.OCc1cccc(-c2nn[nH]n2)c1. The van der Waals surface area contributed by atoms with E-state index >= 15 is 0 Å². The fraction of sp³-hybridized carbons (Fsp3) is 0.364. The van der Waals surface area contributed by atoms with Crippen LogP contribution >= 0.6 is 0 Å². The lowest BCUT2D eigenvalue weighted by Crippen LogP contribution is -1.85. The van der Waals surface area contributed by atoms with Gasteiger partial charge in [-0.25, -0.2) is 0 Å². The van der Waals surface area contributed by atoms with Crippen LogP contribution in [0.5, 0.6) is 0 Å². The van der Waals surface area contributed by atoms with Gasteiger partial charge in [-0.3, -0.25) is 0 Å². The highest BCUT2D eigenvalue weighted by Crippen LogP contribution is 2.14. The Labute approximate surface area is 94.5 Å². The van der Waals surface area contributed by atoms with Gasteiger partial charge in [-0.15, -0.1) is 10.2 Å². The molecule has 86 valence electrons. The third kappa shape index (κ3) is 3.43. The second kappa shape index (κ2) is 6.68. The van der Waals surface area contributed by atoms with Crippen LogP contribution in [0.2, 0.25) is 0 Å². The number of aliphatic hydroxyl groups excluding tert-OH is 1. The topological polar surface area (TPSA) is 74.7 Å². The molecule has 0 radical (unpaired) electrons. The fourth-order valence-corrected chi connectivity index (χ4v) is 1.09. The third-order valence-corrected chi connectivity index (χ3v) is 1.71. The molecule has 0 aliphatic rings. The summed E-state index contributed by atoms with van der Waals surface area (Å²) in [5, 5.41) is 22.4. The zero-order valence-electron chi connectivity index (χ0n) is 9.51. The summed E-state index contributed by atoms with van der Waals surface area (Å²) in [4.78, 5) is 0. The molecule has 2 N–H and O–H groups in total. The second-order valence-corrected chi connectivity index (χ2v) is 3.30. The number of H-pyrrole nitrogens is 1. The summed E-state index contributed by atoms with van der Waals surface area (Å²) < 4.78 is 0. The number of aliphatic hydroxyl groups is 1. The summed E-state index contributed by atoms with van der Waals surface area (Å²) in [5.41, 5.74) is 1.68. The minimum atomic E-state index is 0.0195. The minimum Gasteiger partial charge on any atom is -0.392 e. The van der Waals surface area contributed by atoms with Crippen LogP contribution in [0, 0.1) is 0 Å². The molecule has 1 aromatic heterocycles. The summed E-state index contributed by atoms with van der Waals surface area (Å²) in [5.74, 6) is 0.537. The van der Waals surface area contributed by atoms with Gasteiger partial charge in [-0.05, 0) is 16.8 Å². The van der Waals surface area contributed by atoms with Gasteiger partial charge in [0.1, 0.15) is 0 Å². The Kier molecular flexibility index (Phi) is 5.15. The molecule has 0 aliphatic carbocycles. The zero-order valence-corrected chi connectivity index (χ0v) is 9.51. The predicted octanol–water partition coefficient (Wildman–Crippen LogP) is 1.78. The molecule has 2 rings (SSSR count). The van der Waals surface area contributed by atoms with Crippen LogP contribution in [0.4, 0.5) is 0 Å². The van der Waals surface area contributed by atoms with Crippen LogP contribution in [-0.4, -0.2) is 25.7 Å². The van der Waals surface area contributed by atoms with Gasteiger partial charge in [-0.1, -0.05) is 38.5 Å². The van der Waals surface area contributed by atoms with E-state index in [-0.39, 0.29) is 6.61 Å². The number of nitrogens with zero attached hydrogens (tertiary/aromatic N) is 3. The zero-order chi connectivity index (χ0) is 11.8. The lowest BCUT2D eigenvalue weighted by atomic mass is 10.1. The van der Waals surface area contributed by atoms with E-state index in [0.717, 1.165) is 11.1 Å². The molecule has 0 amide bonds. The first-order valence-corrected chi connectivity index (χ1v) is 5.25. The highest BCUT2D eigenvalue weighted by molar-refractivity contribution is 5.54. The summed E-state index contributed by atoms with van der Waals surface area (Å²) in [6.45, 7) is 4.27. The molecular formula is C11H16N4O. The van der Waals surface area contributed by atoms with Crippen LogP contribution in [-0.2, 0) is 6.61 Å². The molecule has 0 saturated heterocycles. The van der Waals surface area contributed by atoms with Crippen LogP contribution < -0.4 is 0 Å². The van der Waals surface area contributed by atoms with Gasteiger partial charge in [0.25, 0.3) is 0 Å². The minimum absolute atomic E-state index is 0.0195. The van der Waals surface area contributed by atoms with Crippen molar-refractivity contribution < 1.29 is 5.11 Å². The van der Waals surface area contributed by atoms with Gasteiger partial charge >= 0.3 is 0 Å². The first-order valence-electron chi connectivity index (χ1n) is 5.25. The van der Waals surface area contributed by atoms with Gasteiger partial charge in [0.2, 0.25) is 5.82 Å². The largest absolute Gasteiger partial charge is 0.392 e. The van der Waals surface area contributed by atoms with Crippen molar-refractivity contribution in [2.24, 2.45) is 0 Å². The molecule has 0 unspecified atom stereocenters. The monoisotopic (exact) mass is 220 g/mol. The summed E-state index contributed by atoms with van der Waals surface area (Å²) >= 11 is 0. The highest BCUT2D eigenvalue weighted by Gasteiger charge is 2.02. The average molecular weight is 220 g/mol. The Hall–Kier alpha value is -1.75. The highest BCUT2D eigenvalue weighted by atomic mass is 16.3. The molecule has 16 heavy (non-hydrogen) atoms. The number of benzene rings is 1. The van der Waals surface area contributed by atoms with Crippen LogP contribution in [0.15, 0.2) is 24.3 Å². The number of tetrazole rings is 1. The van der Waals surface area contributed by atoms with Crippen molar-refractivity contribution in [2.75, 3.05) is 0 Å². The number of aromatic amines is 1. The van der Waals surface area contributed by atoms with Gasteiger partial charge in [0.05, 0.1) is 6.61 Å². The molecule has 0 fully saturated rings. The van der Waals surface area contributed by atoms with E-state index in [2.05, 4.69) is 34.5 Å². The van der Waals surface area contributed by atoms with Crippen molar-refractivity contribution in [1.82, 2.24) is 20.6 Å². The Morgan fingerprint density at radius 2 is 2.06 bits per heavy atom. The van der Waals surface area contributed by atoms with Gasteiger partial charge in [-0.2, -0.15) is 5.21 Å². The lowest BCUT2D eigenvalue weighted by molar-refractivity contribution is 0.282. The van der Waals surface area contributed by atoms with Gasteiger partial charge < -0.3 is 5.11 Å². The van der Waals surface area contributed by atoms with Crippen LogP contribution in [0.3, 0.4) is 0 Å².